The summed E-state index contributed by atoms with van der Waals surface area (Å²) < 4.78 is 0.961. The molecule has 4 atom stereocenters. The lowest BCUT2D eigenvalue weighted by Crippen LogP contribution is -2.54. The molecule has 3 fully saturated rings. The Morgan fingerprint density at radius 2 is 1.38 bits per heavy atom. The Balaban J connectivity index is 1.24. The van der Waals surface area contributed by atoms with Crippen LogP contribution in [0.4, 0.5) is 0 Å². The number of quaternary nitrogens is 1. The Kier molecular flexibility index (Phi) is 9.80. The van der Waals surface area contributed by atoms with Gasteiger partial charge in [-0.15, -0.1) is 0 Å². The molecule has 0 spiro atoms. The molecule has 3 amide bonds. The lowest BCUT2D eigenvalue weighted by atomic mass is 9.67. The number of carbonyl (C=O) groups excluding carboxylic acids is 3. The third kappa shape index (κ3) is 6.99. The maximum Gasteiger partial charge on any atom is 0.246 e. The second-order valence-corrected chi connectivity index (χ2v) is 14.4. The molecule has 3 saturated heterocycles. The minimum Gasteiger partial charge on any atom is -0.391 e. The predicted octanol–water partition coefficient (Wildman–Crippen LogP) is 3.97. The van der Waals surface area contributed by atoms with Crippen LogP contribution < -0.4 is 5.32 Å². The van der Waals surface area contributed by atoms with Crippen LogP contribution in [-0.4, -0.2) is 102 Å². The fraction of sp³-hybridized carbons (Fsp3) is 0.462. The number of hydrogen-bond acceptors (Lipinski definition) is 4. The summed E-state index contributed by atoms with van der Waals surface area (Å²) in [6.07, 6.45) is 3.03. The van der Waals surface area contributed by atoms with Crippen LogP contribution >= 0.6 is 0 Å². The molecule has 6 rings (SSSR count). The highest BCUT2D eigenvalue weighted by Gasteiger charge is 2.47. The van der Waals surface area contributed by atoms with Gasteiger partial charge in [0, 0.05) is 38.4 Å². The fourth-order valence-electron chi connectivity index (χ4n) is 8.34. The van der Waals surface area contributed by atoms with E-state index in [1.165, 1.54) is 0 Å². The number of rotatable bonds is 9. The van der Waals surface area contributed by atoms with Gasteiger partial charge in [-0.2, -0.15) is 0 Å². The van der Waals surface area contributed by atoms with E-state index in [1.807, 2.05) is 54.6 Å². The lowest BCUT2D eigenvalue weighted by Gasteiger charge is -2.38. The summed E-state index contributed by atoms with van der Waals surface area (Å²) in [6.45, 7) is 3.36. The normalized spacial score (nSPS) is 24.2. The van der Waals surface area contributed by atoms with Crippen molar-refractivity contribution in [2.24, 2.45) is 5.92 Å². The van der Waals surface area contributed by atoms with Crippen molar-refractivity contribution >= 4 is 17.7 Å². The van der Waals surface area contributed by atoms with Crippen LogP contribution in [0.3, 0.4) is 0 Å². The van der Waals surface area contributed by atoms with Crippen molar-refractivity contribution in [3.05, 3.63) is 108 Å². The van der Waals surface area contributed by atoms with Crippen LogP contribution in [0.15, 0.2) is 91.0 Å². The van der Waals surface area contributed by atoms with Crippen LogP contribution in [0.1, 0.15) is 55.2 Å². The average Bonchev–Trinajstić information content (AvgIpc) is 3.74. The monoisotopic (exact) mass is 637 g/mol. The number of aliphatic hydroxyl groups is 1. The van der Waals surface area contributed by atoms with Crippen LogP contribution in [0, 0.1) is 5.92 Å². The topological polar surface area (TPSA) is 89.9 Å². The highest BCUT2D eigenvalue weighted by Crippen LogP contribution is 2.43. The number of nitrogens with zero attached hydrogens (tertiary/aromatic N) is 3. The minimum absolute atomic E-state index is 0.0850. The fourth-order valence-corrected chi connectivity index (χ4v) is 8.34. The van der Waals surface area contributed by atoms with Gasteiger partial charge in [0.25, 0.3) is 0 Å². The molecule has 0 radical (unpaired) electrons. The van der Waals surface area contributed by atoms with E-state index >= 15 is 0 Å². The highest BCUT2D eigenvalue weighted by molar-refractivity contribution is 5.93. The Morgan fingerprint density at radius 1 is 0.809 bits per heavy atom. The quantitative estimate of drug-likeness (QED) is 0.275. The number of aliphatic hydroxyl groups excluding tert-OH is 1. The van der Waals surface area contributed by atoms with E-state index in [0.717, 1.165) is 53.5 Å². The van der Waals surface area contributed by atoms with E-state index < -0.39 is 23.6 Å². The molecular formula is C39H49N4O4+. The molecule has 47 heavy (non-hydrogen) atoms. The molecule has 0 aromatic heterocycles. The van der Waals surface area contributed by atoms with Gasteiger partial charge in [-0.3, -0.25) is 14.4 Å². The second kappa shape index (κ2) is 14.0. The molecule has 3 aliphatic heterocycles. The first-order valence-electron chi connectivity index (χ1n) is 17.2. The van der Waals surface area contributed by atoms with Gasteiger partial charge < -0.3 is 24.7 Å². The molecule has 0 unspecified atom stereocenters. The molecule has 248 valence electrons. The first kappa shape index (κ1) is 32.9. The van der Waals surface area contributed by atoms with Crippen molar-refractivity contribution in [1.29, 1.82) is 0 Å². The molecule has 3 aliphatic rings. The molecule has 8 nitrogen and oxygen atoms in total. The molecule has 3 heterocycles. The Bertz CT molecular complexity index is 1430. The minimum atomic E-state index is -0.817. The lowest BCUT2D eigenvalue weighted by molar-refractivity contribution is -0.898. The van der Waals surface area contributed by atoms with E-state index in [1.54, 1.807) is 9.80 Å². The Labute approximate surface area is 279 Å². The first-order valence-corrected chi connectivity index (χ1v) is 17.2. The van der Waals surface area contributed by atoms with Crippen LogP contribution in [0.25, 0.3) is 0 Å². The van der Waals surface area contributed by atoms with Crippen LogP contribution in [-0.2, 0) is 19.8 Å². The zero-order valence-corrected chi connectivity index (χ0v) is 27.8. The van der Waals surface area contributed by atoms with Gasteiger partial charge >= 0.3 is 0 Å². The number of β-amino-alcohol motifs (C(OH)–C–C–N with tert-alkyl or cyclic N) is 1. The first-order chi connectivity index (χ1) is 22.7. The number of hydrogen-bond donors (Lipinski definition) is 2. The zero-order valence-electron chi connectivity index (χ0n) is 27.8. The molecule has 0 bridgehead atoms. The van der Waals surface area contributed by atoms with Gasteiger partial charge in [0.2, 0.25) is 17.7 Å². The molecule has 3 aromatic carbocycles. The van der Waals surface area contributed by atoms with E-state index in [0.29, 0.717) is 25.4 Å². The van der Waals surface area contributed by atoms with Gasteiger partial charge in [-0.1, -0.05) is 91.0 Å². The van der Waals surface area contributed by atoms with Crippen molar-refractivity contribution in [3.8, 4) is 0 Å². The van der Waals surface area contributed by atoms with Gasteiger partial charge in [0.1, 0.15) is 12.1 Å². The summed E-state index contributed by atoms with van der Waals surface area (Å²) in [5, 5.41) is 14.0. The third-order valence-corrected chi connectivity index (χ3v) is 10.6. The average molecular weight is 638 g/mol. The van der Waals surface area contributed by atoms with Crippen molar-refractivity contribution in [1.82, 2.24) is 15.1 Å². The van der Waals surface area contributed by atoms with E-state index in [9.17, 15) is 19.5 Å². The predicted molar refractivity (Wildman–Crippen MR) is 182 cm³/mol. The van der Waals surface area contributed by atoms with E-state index in [2.05, 4.69) is 55.8 Å². The summed E-state index contributed by atoms with van der Waals surface area (Å²) >= 11 is 0. The molecule has 8 heteroatoms. The number of piperidine rings is 1. The summed E-state index contributed by atoms with van der Waals surface area (Å²) in [4.78, 5) is 45.5. The Hall–Kier alpha value is -4.01. The van der Waals surface area contributed by atoms with Gasteiger partial charge in [-0.05, 0) is 42.4 Å². The smallest absolute Gasteiger partial charge is 0.246 e. The van der Waals surface area contributed by atoms with E-state index in [4.69, 9.17) is 0 Å². The molecule has 0 aliphatic carbocycles. The van der Waals surface area contributed by atoms with Crippen molar-refractivity contribution in [2.75, 3.05) is 46.8 Å². The van der Waals surface area contributed by atoms with Gasteiger partial charge in [0.15, 0.2) is 0 Å². The highest BCUT2D eigenvalue weighted by atomic mass is 16.3. The second-order valence-electron chi connectivity index (χ2n) is 14.4. The van der Waals surface area contributed by atoms with Gasteiger partial charge in [-0.25, -0.2) is 0 Å². The molecular weight excluding hydrogens is 588 g/mol. The summed E-state index contributed by atoms with van der Waals surface area (Å²) in [5.41, 5.74) is 2.11. The zero-order chi connectivity index (χ0) is 33.0. The molecule has 2 N–H and O–H groups in total. The van der Waals surface area contributed by atoms with Gasteiger partial charge in [0.05, 0.1) is 38.7 Å². The number of carbonyl (C=O) groups is 3. The van der Waals surface area contributed by atoms with Crippen LogP contribution in [0.5, 0.6) is 0 Å². The van der Waals surface area contributed by atoms with Crippen molar-refractivity contribution in [3.63, 3.8) is 0 Å². The third-order valence-electron chi connectivity index (χ3n) is 10.6. The van der Waals surface area contributed by atoms with E-state index in [-0.39, 0.29) is 37.1 Å². The number of amides is 3. The molecule has 0 saturated carbocycles. The summed E-state index contributed by atoms with van der Waals surface area (Å²) in [7, 11) is 4.47. The number of nitrogens with one attached hydrogen (secondary N) is 1. The SMILES string of the molecule is C[N+]1(C)CCC[C@H](CNC(=O)[C@H]2CCCN2C(=O)[C@@H]2C[C@@H](O)CN2C(=O)CC(c2ccccc2)(c2ccccc2)c2ccccc2)C1. The standard InChI is InChI=1S/C39H48N4O4/c1-43(2)23-13-14-29(28-43)26-40-37(46)34-21-12-22-41(34)38(47)35-24-33(44)27-42(35)36(45)25-39(30-15-6-3-7-16-30,31-17-8-4-9-18-31)32-19-10-5-11-20-32/h3-11,15-20,29,33-35,44H,12-14,21-28H2,1-2H3/p+1/t29-,33-,34-,35+/m1/s1. The van der Waals surface area contributed by atoms with Crippen molar-refractivity contribution < 1.29 is 24.0 Å². The van der Waals surface area contributed by atoms with Crippen LogP contribution in [0.2, 0.25) is 0 Å². The Morgan fingerprint density at radius 3 is 1.94 bits per heavy atom. The summed E-state index contributed by atoms with van der Waals surface area (Å²) in [5.74, 6) is -0.132. The van der Waals surface area contributed by atoms with Crippen molar-refractivity contribution in [2.45, 2.75) is 62.1 Å². The maximum atomic E-state index is 14.6. The molecule has 3 aromatic rings. The largest absolute Gasteiger partial charge is 0.391 e. The number of benzene rings is 3. The summed E-state index contributed by atoms with van der Waals surface area (Å²) in [6, 6.07) is 28.7. The maximum absolute atomic E-state index is 14.6. The number of likely N-dealkylation sites (tertiary alicyclic amines) is 3.